The lowest BCUT2D eigenvalue weighted by atomic mass is 10.1. The molecule has 2 aliphatic heterocycles. The van der Waals surface area contributed by atoms with Gasteiger partial charge in [-0.2, -0.15) is 0 Å². The molecular weight excluding hydrogens is 270 g/mol. The van der Waals surface area contributed by atoms with Crippen LogP contribution in [0.4, 0.5) is 0 Å². The standard InChI is InChI=1S/C11H17N3O6/c1-5(15)17-4-6(13-14-12)8-7(16)9-10(18-8)20-11(2,3)19-9/h6-10,16H,4H2,1-3H3/t6-,7-,8+,9+,10+/m0/s1. The van der Waals surface area contributed by atoms with E-state index in [1.807, 2.05) is 0 Å². The Hall–Kier alpha value is -1.38. The van der Waals surface area contributed by atoms with Crippen molar-refractivity contribution >= 4 is 5.97 Å². The summed E-state index contributed by atoms with van der Waals surface area (Å²) in [4.78, 5) is 13.5. The Morgan fingerprint density at radius 2 is 2.25 bits per heavy atom. The fourth-order valence-corrected chi connectivity index (χ4v) is 2.30. The van der Waals surface area contributed by atoms with Gasteiger partial charge in [0.05, 0.1) is 0 Å². The fourth-order valence-electron chi connectivity index (χ4n) is 2.30. The fraction of sp³-hybridized carbons (Fsp3) is 0.909. The third-order valence-electron chi connectivity index (χ3n) is 3.09. The first-order valence-electron chi connectivity index (χ1n) is 6.21. The molecule has 0 radical (unpaired) electrons. The second kappa shape index (κ2) is 5.55. The number of hydrogen-bond donors (Lipinski definition) is 1. The molecule has 5 atom stereocenters. The van der Waals surface area contributed by atoms with E-state index in [2.05, 4.69) is 10.0 Å². The molecule has 0 unspecified atom stereocenters. The van der Waals surface area contributed by atoms with Crippen molar-refractivity contribution < 1.29 is 28.8 Å². The molecule has 0 bridgehead atoms. The van der Waals surface area contributed by atoms with Crippen LogP contribution in [0.25, 0.3) is 10.4 Å². The van der Waals surface area contributed by atoms with Crippen LogP contribution < -0.4 is 0 Å². The second-order valence-corrected chi connectivity index (χ2v) is 5.13. The number of nitrogens with zero attached hydrogens (tertiary/aromatic N) is 3. The zero-order chi connectivity index (χ0) is 14.9. The van der Waals surface area contributed by atoms with E-state index in [1.54, 1.807) is 13.8 Å². The summed E-state index contributed by atoms with van der Waals surface area (Å²) in [6.45, 7) is 4.48. The van der Waals surface area contributed by atoms with Crippen LogP contribution in [0.2, 0.25) is 0 Å². The number of carbonyl (C=O) groups is 1. The summed E-state index contributed by atoms with van der Waals surface area (Å²) in [5.74, 6) is -1.35. The first-order chi connectivity index (χ1) is 9.34. The Labute approximate surface area is 115 Å². The van der Waals surface area contributed by atoms with Gasteiger partial charge in [0.2, 0.25) is 0 Å². The minimum absolute atomic E-state index is 0.177. The molecule has 0 saturated carbocycles. The monoisotopic (exact) mass is 287 g/mol. The van der Waals surface area contributed by atoms with E-state index >= 15 is 0 Å². The van der Waals surface area contributed by atoms with E-state index in [0.717, 1.165) is 0 Å². The van der Waals surface area contributed by atoms with Crippen LogP contribution in [0.1, 0.15) is 20.8 Å². The lowest BCUT2D eigenvalue weighted by molar-refractivity contribution is -0.218. The van der Waals surface area contributed by atoms with Gasteiger partial charge in [0.25, 0.3) is 0 Å². The number of rotatable bonds is 4. The Morgan fingerprint density at radius 1 is 1.55 bits per heavy atom. The molecule has 0 spiro atoms. The van der Waals surface area contributed by atoms with Crippen LogP contribution in [0.15, 0.2) is 5.11 Å². The highest BCUT2D eigenvalue weighted by molar-refractivity contribution is 5.65. The molecule has 0 aliphatic carbocycles. The molecule has 1 N–H and O–H groups in total. The number of carbonyl (C=O) groups excluding carboxylic acids is 1. The number of aliphatic hydroxyl groups is 1. The molecule has 2 saturated heterocycles. The Kier molecular flexibility index (Phi) is 4.17. The largest absolute Gasteiger partial charge is 0.465 e. The van der Waals surface area contributed by atoms with Crippen molar-refractivity contribution in [1.29, 1.82) is 0 Å². The van der Waals surface area contributed by atoms with E-state index in [1.165, 1.54) is 6.92 Å². The highest BCUT2D eigenvalue weighted by atomic mass is 16.8. The summed E-state index contributed by atoms with van der Waals surface area (Å²) in [5.41, 5.74) is 8.55. The van der Waals surface area contributed by atoms with Crippen molar-refractivity contribution in [2.45, 2.75) is 57.2 Å². The van der Waals surface area contributed by atoms with Crippen LogP contribution in [0.3, 0.4) is 0 Å². The van der Waals surface area contributed by atoms with E-state index in [9.17, 15) is 9.90 Å². The first-order valence-corrected chi connectivity index (χ1v) is 6.21. The molecule has 0 aromatic rings. The van der Waals surface area contributed by atoms with Crippen LogP contribution in [0.5, 0.6) is 0 Å². The van der Waals surface area contributed by atoms with Gasteiger partial charge in [-0.05, 0) is 19.4 Å². The molecular formula is C11H17N3O6. The lowest BCUT2D eigenvalue weighted by Gasteiger charge is -2.25. The smallest absolute Gasteiger partial charge is 0.302 e. The van der Waals surface area contributed by atoms with Crippen molar-refractivity contribution in [1.82, 2.24) is 0 Å². The molecule has 9 heteroatoms. The van der Waals surface area contributed by atoms with E-state index in [-0.39, 0.29) is 6.61 Å². The van der Waals surface area contributed by atoms with Gasteiger partial charge in [0, 0.05) is 11.8 Å². The summed E-state index contributed by atoms with van der Waals surface area (Å²) in [7, 11) is 0. The number of azide groups is 1. The van der Waals surface area contributed by atoms with Gasteiger partial charge in [-0.3, -0.25) is 4.79 Å². The van der Waals surface area contributed by atoms with E-state index < -0.39 is 42.4 Å². The van der Waals surface area contributed by atoms with Crippen molar-refractivity contribution in [3.63, 3.8) is 0 Å². The van der Waals surface area contributed by atoms with Crippen LogP contribution >= 0.6 is 0 Å². The number of aliphatic hydroxyl groups excluding tert-OH is 1. The predicted octanol–water partition coefficient (Wildman–Crippen LogP) is 0.466. The van der Waals surface area contributed by atoms with Crippen LogP contribution in [0, 0.1) is 0 Å². The molecule has 20 heavy (non-hydrogen) atoms. The zero-order valence-corrected chi connectivity index (χ0v) is 11.4. The molecule has 2 fully saturated rings. The second-order valence-electron chi connectivity index (χ2n) is 5.13. The summed E-state index contributed by atoms with van der Waals surface area (Å²) in [5, 5.41) is 13.7. The normalized spacial score (nSPS) is 36.0. The van der Waals surface area contributed by atoms with Crippen molar-refractivity contribution in [3.8, 4) is 0 Å². The molecule has 2 heterocycles. The van der Waals surface area contributed by atoms with Gasteiger partial charge in [-0.1, -0.05) is 5.11 Å². The van der Waals surface area contributed by atoms with Gasteiger partial charge in [-0.25, -0.2) is 0 Å². The maximum Gasteiger partial charge on any atom is 0.302 e. The third-order valence-corrected chi connectivity index (χ3v) is 3.09. The zero-order valence-electron chi connectivity index (χ0n) is 11.4. The number of fused-ring (bicyclic) bond motifs is 1. The molecule has 0 aromatic heterocycles. The summed E-state index contributed by atoms with van der Waals surface area (Å²) < 4.78 is 21.3. The van der Waals surface area contributed by atoms with Gasteiger partial charge < -0.3 is 24.1 Å². The Bertz CT molecular complexity index is 436. The van der Waals surface area contributed by atoms with Crippen LogP contribution in [-0.4, -0.2) is 54.1 Å². The minimum Gasteiger partial charge on any atom is -0.465 e. The predicted molar refractivity (Wildman–Crippen MR) is 64.3 cm³/mol. The van der Waals surface area contributed by atoms with Crippen LogP contribution in [-0.2, 0) is 23.7 Å². The molecule has 2 aliphatic rings. The van der Waals surface area contributed by atoms with Gasteiger partial charge in [0.1, 0.15) is 31.0 Å². The summed E-state index contributed by atoms with van der Waals surface area (Å²) in [6, 6.07) is -0.847. The first kappa shape index (κ1) is 15.0. The molecule has 112 valence electrons. The van der Waals surface area contributed by atoms with Crippen molar-refractivity contribution in [3.05, 3.63) is 10.4 Å². The Morgan fingerprint density at radius 3 is 2.80 bits per heavy atom. The topological polar surface area (TPSA) is 123 Å². The van der Waals surface area contributed by atoms with Crippen molar-refractivity contribution in [2.24, 2.45) is 5.11 Å². The molecule has 2 rings (SSSR count). The molecule has 0 amide bonds. The van der Waals surface area contributed by atoms with E-state index in [0.29, 0.717) is 0 Å². The van der Waals surface area contributed by atoms with Gasteiger partial charge >= 0.3 is 5.97 Å². The van der Waals surface area contributed by atoms with Crippen molar-refractivity contribution in [2.75, 3.05) is 6.61 Å². The molecule has 9 nitrogen and oxygen atoms in total. The van der Waals surface area contributed by atoms with Gasteiger partial charge in [0.15, 0.2) is 12.1 Å². The lowest BCUT2D eigenvalue weighted by Crippen LogP contribution is -2.42. The highest BCUT2D eigenvalue weighted by Gasteiger charge is 2.56. The SMILES string of the molecule is CC(=O)OC[C@H](N=[N+]=[N-])[C@H]1O[C@@H]2OC(C)(C)O[C@@H]2[C@H]1O. The number of hydrogen-bond acceptors (Lipinski definition) is 7. The third kappa shape index (κ3) is 3.02. The minimum atomic E-state index is -1.03. The average molecular weight is 287 g/mol. The summed E-state index contributed by atoms with van der Waals surface area (Å²) >= 11 is 0. The maximum absolute atomic E-state index is 10.8. The Balaban J connectivity index is 2.05. The number of esters is 1. The van der Waals surface area contributed by atoms with E-state index in [4.69, 9.17) is 24.5 Å². The maximum atomic E-state index is 10.8. The van der Waals surface area contributed by atoms with Gasteiger partial charge in [-0.15, -0.1) is 0 Å². The summed E-state index contributed by atoms with van der Waals surface area (Å²) in [6.07, 6.45) is -3.29. The molecule has 0 aromatic carbocycles. The average Bonchev–Trinajstić information content (AvgIpc) is 2.79. The number of ether oxygens (including phenoxy) is 4. The highest BCUT2D eigenvalue weighted by Crippen LogP contribution is 2.38. The quantitative estimate of drug-likeness (QED) is 0.347.